The number of aryl methyl sites for hydroxylation is 2. The number of methoxy groups -OCH3 is 1. The van der Waals surface area contributed by atoms with E-state index in [1.54, 1.807) is 16.4 Å². The molecular formula is C15H19F2N3OS. The van der Waals surface area contributed by atoms with Crippen LogP contribution >= 0.6 is 11.8 Å². The summed E-state index contributed by atoms with van der Waals surface area (Å²) in [6, 6.07) is 2.32. The molecule has 2 aromatic rings. The number of benzene rings is 1. The summed E-state index contributed by atoms with van der Waals surface area (Å²) in [6.07, 6.45) is 3.47. The highest BCUT2D eigenvalue weighted by molar-refractivity contribution is 7.98. The number of halogens is 2. The number of nitrogens with zero attached hydrogens (tertiary/aromatic N) is 3. The first-order chi connectivity index (χ1) is 10.6. The van der Waals surface area contributed by atoms with Crippen LogP contribution in [0, 0.1) is 11.6 Å². The molecule has 0 radical (unpaired) electrons. The first-order valence-corrected chi connectivity index (χ1v) is 8.46. The molecule has 0 saturated carbocycles. The van der Waals surface area contributed by atoms with Crippen molar-refractivity contribution in [3.8, 4) is 17.1 Å². The molecular weight excluding hydrogens is 308 g/mol. The van der Waals surface area contributed by atoms with Crippen LogP contribution in [0.1, 0.15) is 19.2 Å². The van der Waals surface area contributed by atoms with Crippen LogP contribution in [0.4, 0.5) is 8.78 Å². The van der Waals surface area contributed by atoms with E-state index in [0.717, 1.165) is 24.3 Å². The zero-order valence-corrected chi connectivity index (χ0v) is 13.7. The van der Waals surface area contributed by atoms with E-state index in [-0.39, 0.29) is 17.1 Å². The van der Waals surface area contributed by atoms with Gasteiger partial charge in [-0.25, -0.2) is 18.4 Å². The molecule has 0 fully saturated rings. The van der Waals surface area contributed by atoms with E-state index >= 15 is 0 Å². The summed E-state index contributed by atoms with van der Waals surface area (Å²) in [4.78, 5) is 4.33. The van der Waals surface area contributed by atoms with Gasteiger partial charge in [-0.05, 0) is 12.7 Å². The molecule has 22 heavy (non-hydrogen) atoms. The molecule has 120 valence electrons. The van der Waals surface area contributed by atoms with E-state index in [1.165, 1.54) is 7.11 Å². The van der Waals surface area contributed by atoms with E-state index in [9.17, 15) is 8.78 Å². The van der Waals surface area contributed by atoms with Crippen molar-refractivity contribution in [2.24, 2.45) is 0 Å². The van der Waals surface area contributed by atoms with Crippen molar-refractivity contribution in [3.05, 3.63) is 29.6 Å². The Bertz CT molecular complexity index is 623. The number of rotatable bonds is 7. The van der Waals surface area contributed by atoms with Crippen molar-refractivity contribution in [1.82, 2.24) is 14.8 Å². The van der Waals surface area contributed by atoms with Gasteiger partial charge in [-0.2, -0.15) is 16.9 Å². The molecule has 2 rings (SSSR count). The largest absolute Gasteiger partial charge is 0.497 e. The lowest BCUT2D eigenvalue weighted by Crippen LogP contribution is -2.05. The number of aromatic nitrogens is 3. The third-order valence-electron chi connectivity index (χ3n) is 3.16. The van der Waals surface area contributed by atoms with Gasteiger partial charge in [0, 0.05) is 30.9 Å². The minimum Gasteiger partial charge on any atom is -0.497 e. The monoisotopic (exact) mass is 327 g/mol. The van der Waals surface area contributed by atoms with Crippen molar-refractivity contribution in [2.75, 3.05) is 19.1 Å². The molecule has 1 aromatic carbocycles. The summed E-state index contributed by atoms with van der Waals surface area (Å²) in [6.45, 7) is 2.54. The summed E-state index contributed by atoms with van der Waals surface area (Å²) in [5, 5.41) is 4.37. The maximum atomic E-state index is 14.3. The number of hydrogen-bond donors (Lipinski definition) is 0. The average molecular weight is 327 g/mol. The lowest BCUT2D eigenvalue weighted by molar-refractivity contribution is 0.407. The fourth-order valence-corrected chi connectivity index (χ4v) is 2.51. The summed E-state index contributed by atoms with van der Waals surface area (Å²) in [7, 11) is 1.37. The average Bonchev–Trinajstić information content (AvgIpc) is 2.87. The summed E-state index contributed by atoms with van der Waals surface area (Å²) < 4.78 is 35.0. The zero-order valence-electron chi connectivity index (χ0n) is 12.9. The quantitative estimate of drug-likeness (QED) is 0.780. The standard InChI is InChI=1S/C15H19F2N3OS/c1-4-6-20-15(18-13(19-20)5-7-22-3)14-11(16)8-10(21-2)9-12(14)17/h8-9H,4-7H2,1-3H3. The van der Waals surface area contributed by atoms with Gasteiger partial charge in [0.25, 0.3) is 0 Å². The van der Waals surface area contributed by atoms with E-state index in [0.29, 0.717) is 18.8 Å². The molecule has 0 aliphatic rings. The molecule has 0 atom stereocenters. The lowest BCUT2D eigenvalue weighted by atomic mass is 10.1. The maximum Gasteiger partial charge on any atom is 0.164 e. The molecule has 0 aliphatic carbocycles. The van der Waals surface area contributed by atoms with Gasteiger partial charge < -0.3 is 4.74 Å². The Labute approximate surface area is 132 Å². The Morgan fingerprint density at radius 3 is 2.50 bits per heavy atom. The smallest absolute Gasteiger partial charge is 0.164 e. The summed E-state index contributed by atoms with van der Waals surface area (Å²) in [5.41, 5.74) is -0.155. The molecule has 7 heteroatoms. The van der Waals surface area contributed by atoms with Crippen LogP contribution in [0.3, 0.4) is 0 Å². The third-order valence-corrected chi connectivity index (χ3v) is 3.77. The number of thioether (sulfide) groups is 1. The van der Waals surface area contributed by atoms with Gasteiger partial charge in [0.05, 0.1) is 12.7 Å². The van der Waals surface area contributed by atoms with Crippen LogP contribution in [-0.2, 0) is 13.0 Å². The molecule has 0 amide bonds. The summed E-state index contributed by atoms with van der Waals surface area (Å²) in [5.74, 6) is 0.449. The van der Waals surface area contributed by atoms with E-state index in [4.69, 9.17) is 4.74 Å². The third kappa shape index (κ3) is 3.58. The van der Waals surface area contributed by atoms with Gasteiger partial charge in [-0.3, -0.25) is 0 Å². The van der Waals surface area contributed by atoms with Gasteiger partial charge in [0.1, 0.15) is 17.4 Å². The minimum absolute atomic E-state index is 0.142. The van der Waals surface area contributed by atoms with E-state index < -0.39 is 11.6 Å². The predicted octanol–water partition coefficient (Wildman–Crippen LogP) is 3.55. The van der Waals surface area contributed by atoms with Gasteiger partial charge in [0.15, 0.2) is 11.6 Å². The van der Waals surface area contributed by atoms with E-state index in [2.05, 4.69) is 10.1 Å². The highest BCUT2D eigenvalue weighted by atomic mass is 32.2. The van der Waals surface area contributed by atoms with Gasteiger partial charge in [0.2, 0.25) is 0 Å². The fourth-order valence-electron chi connectivity index (χ4n) is 2.12. The van der Waals surface area contributed by atoms with Crippen LogP contribution in [0.5, 0.6) is 5.75 Å². The molecule has 1 aromatic heterocycles. The first kappa shape index (κ1) is 16.7. The predicted molar refractivity (Wildman–Crippen MR) is 84.3 cm³/mol. The Hall–Kier alpha value is -1.63. The second kappa shape index (κ2) is 7.58. The zero-order chi connectivity index (χ0) is 16.1. The Balaban J connectivity index is 2.48. The SMILES string of the molecule is CCCn1nc(CCSC)nc1-c1c(F)cc(OC)cc1F. The molecule has 0 unspecified atom stereocenters. The lowest BCUT2D eigenvalue weighted by Gasteiger charge is -2.08. The van der Waals surface area contributed by atoms with Gasteiger partial charge >= 0.3 is 0 Å². The second-order valence-electron chi connectivity index (χ2n) is 4.78. The van der Waals surface area contributed by atoms with Crippen LogP contribution in [-0.4, -0.2) is 33.9 Å². The topological polar surface area (TPSA) is 39.9 Å². The molecule has 0 N–H and O–H groups in total. The van der Waals surface area contributed by atoms with Crippen LogP contribution in [0.25, 0.3) is 11.4 Å². The van der Waals surface area contributed by atoms with Crippen molar-refractivity contribution >= 4 is 11.8 Å². The molecule has 0 saturated heterocycles. The normalized spacial score (nSPS) is 11.0. The fraction of sp³-hybridized carbons (Fsp3) is 0.467. The van der Waals surface area contributed by atoms with Crippen LogP contribution in [0.2, 0.25) is 0 Å². The molecule has 0 aliphatic heterocycles. The van der Waals surface area contributed by atoms with Crippen molar-refractivity contribution in [1.29, 1.82) is 0 Å². The van der Waals surface area contributed by atoms with Gasteiger partial charge in [-0.1, -0.05) is 6.92 Å². The van der Waals surface area contributed by atoms with Crippen LogP contribution in [0.15, 0.2) is 12.1 Å². The highest BCUT2D eigenvalue weighted by Gasteiger charge is 2.20. The second-order valence-corrected chi connectivity index (χ2v) is 5.77. The number of hydrogen-bond acceptors (Lipinski definition) is 4. The highest BCUT2D eigenvalue weighted by Crippen LogP contribution is 2.29. The Kier molecular flexibility index (Phi) is 5.76. The van der Waals surface area contributed by atoms with E-state index in [1.807, 2.05) is 13.2 Å². The molecule has 0 bridgehead atoms. The van der Waals surface area contributed by atoms with Crippen molar-refractivity contribution in [3.63, 3.8) is 0 Å². The molecule has 0 spiro atoms. The maximum absolute atomic E-state index is 14.3. The minimum atomic E-state index is -0.696. The number of ether oxygens (including phenoxy) is 1. The van der Waals surface area contributed by atoms with Crippen molar-refractivity contribution in [2.45, 2.75) is 26.3 Å². The first-order valence-electron chi connectivity index (χ1n) is 7.06. The van der Waals surface area contributed by atoms with Gasteiger partial charge in [-0.15, -0.1) is 0 Å². The molecule has 4 nitrogen and oxygen atoms in total. The Morgan fingerprint density at radius 2 is 1.95 bits per heavy atom. The van der Waals surface area contributed by atoms with Crippen molar-refractivity contribution < 1.29 is 13.5 Å². The molecule has 1 heterocycles. The summed E-state index contributed by atoms with van der Waals surface area (Å²) >= 11 is 1.68. The Morgan fingerprint density at radius 1 is 1.27 bits per heavy atom. The van der Waals surface area contributed by atoms with Crippen LogP contribution < -0.4 is 4.74 Å².